The second-order valence-corrected chi connectivity index (χ2v) is 9.62. The molecule has 3 rings (SSSR count). The lowest BCUT2D eigenvalue weighted by Crippen LogP contribution is -2.40. The van der Waals surface area contributed by atoms with Gasteiger partial charge in [-0.3, -0.25) is 4.79 Å². The highest BCUT2D eigenvalue weighted by Gasteiger charge is 2.28. The lowest BCUT2D eigenvalue weighted by Gasteiger charge is -2.25. The Bertz CT molecular complexity index is 659. The third-order valence-electron chi connectivity index (χ3n) is 4.61. The topological polar surface area (TPSA) is 75.7 Å². The molecule has 0 aromatic carbocycles. The molecule has 2 fully saturated rings. The summed E-state index contributed by atoms with van der Waals surface area (Å²) in [4.78, 5) is 13.0. The number of carbonyl (C=O) groups excluding carboxylic acids is 1. The minimum absolute atomic E-state index is 0.0979. The summed E-state index contributed by atoms with van der Waals surface area (Å²) < 4.78 is 32.2. The molecule has 1 saturated carbocycles. The van der Waals surface area contributed by atoms with E-state index in [9.17, 15) is 13.2 Å². The molecule has 1 aliphatic heterocycles. The Hall–Kier alpha value is -0.960. The average Bonchev–Trinajstić information content (AvgIpc) is 3.11. The van der Waals surface area contributed by atoms with Gasteiger partial charge in [-0.2, -0.15) is 4.31 Å². The number of sulfonamides is 1. The van der Waals surface area contributed by atoms with Gasteiger partial charge in [0.25, 0.3) is 10.0 Å². The normalized spacial score (nSPS) is 20.8. The maximum Gasteiger partial charge on any atom is 0.252 e. The number of carbonyl (C=O) groups is 1. The van der Waals surface area contributed by atoms with Crippen LogP contribution in [0.1, 0.15) is 37.0 Å². The van der Waals surface area contributed by atoms with Crippen molar-refractivity contribution in [2.75, 3.05) is 26.3 Å². The van der Waals surface area contributed by atoms with Crippen LogP contribution in [0.25, 0.3) is 0 Å². The fourth-order valence-electron chi connectivity index (χ4n) is 3.19. The molecule has 1 amide bonds. The number of thiophene rings is 1. The number of amides is 1. The zero-order valence-corrected chi connectivity index (χ0v) is 15.3. The molecule has 1 aliphatic carbocycles. The number of ether oxygens (including phenoxy) is 1. The van der Waals surface area contributed by atoms with E-state index in [1.165, 1.54) is 22.1 Å². The van der Waals surface area contributed by atoms with Gasteiger partial charge in [-0.1, -0.05) is 19.3 Å². The fraction of sp³-hybridized carbons (Fsp3) is 0.688. The van der Waals surface area contributed by atoms with Crippen molar-refractivity contribution >= 4 is 27.3 Å². The van der Waals surface area contributed by atoms with Crippen molar-refractivity contribution in [1.82, 2.24) is 9.62 Å². The van der Waals surface area contributed by atoms with Crippen LogP contribution in [0.4, 0.5) is 0 Å². The van der Waals surface area contributed by atoms with Crippen LogP contribution in [-0.4, -0.2) is 44.9 Å². The summed E-state index contributed by atoms with van der Waals surface area (Å²) >= 11 is 1.24. The van der Waals surface area contributed by atoms with E-state index < -0.39 is 10.0 Å². The van der Waals surface area contributed by atoms with Crippen LogP contribution < -0.4 is 5.32 Å². The maximum atomic E-state index is 12.6. The Morgan fingerprint density at radius 2 is 1.92 bits per heavy atom. The summed E-state index contributed by atoms with van der Waals surface area (Å²) in [6, 6.07) is 3.43. The lowest BCUT2D eigenvalue weighted by molar-refractivity contribution is -0.126. The van der Waals surface area contributed by atoms with Crippen molar-refractivity contribution in [1.29, 1.82) is 0 Å². The van der Waals surface area contributed by atoms with Gasteiger partial charge >= 0.3 is 0 Å². The van der Waals surface area contributed by atoms with Crippen LogP contribution >= 0.6 is 11.3 Å². The molecular weight excluding hydrogens is 348 g/mol. The van der Waals surface area contributed by atoms with Crippen LogP contribution in [0.5, 0.6) is 0 Å². The minimum atomic E-state index is -3.44. The molecule has 134 valence electrons. The predicted octanol–water partition coefficient (Wildman–Crippen LogP) is 1.97. The van der Waals surface area contributed by atoms with Gasteiger partial charge < -0.3 is 10.1 Å². The van der Waals surface area contributed by atoms with Gasteiger partial charge in [0.2, 0.25) is 5.91 Å². The van der Waals surface area contributed by atoms with Gasteiger partial charge in [-0.05, 0) is 25.0 Å². The van der Waals surface area contributed by atoms with Crippen molar-refractivity contribution < 1.29 is 17.9 Å². The Morgan fingerprint density at radius 1 is 1.21 bits per heavy atom. The molecule has 8 heteroatoms. The molecule has 1 aromatic rings. The highest BCUT2D eigenvalue weighted by atomic mass is 32.2. The first-order chi connectivity index (χ1) is 11.6. The second-order valence-electron chi connectivity index (χ2n) is 6.29. The number of rotatable bonds is 5. The summed E-state index contributed by atoms with van der Waals surface area (Å²) in [7, 11) is -3.44. The summed E-state index contributed by atoms with van der Waals surface area (Å²) in [6.07, 6.45) is 5.40. The second kappa shape index (κ2) is 7.95. The molecule has 1 saturated heterocycles. The number of hydrogen-bond acceptors (Lipinski definition) is 5. The largest absolute Gasteiger partial charge is 0.379 e. The number of nitrogens with zero attached hydrogens (tertiary/aromatic N) is 1. The maximum absolute atomic E-state index is 12.6. The quantitative estimate of drug-likeness (QED) is 0.857. The Kier molecular flexibility index (Phi) is 5.91. The highest BCUT2D eigenvalue weighted by Crippen LogP contribution is 2.26. The Balaban J connectivity index is 1.57. The molecule has 0 atom stereocenters. The number of nitrogens with one attached hydrogen (secondary N) is 1. The van der Waals surface area contributed by atoms with Crippen LogP contribution in [-0.2, 0) is 26.1 Å². The van der Waals surface area contributed by atoms with Crippen molar-refractivity contribution in [2.45, 2.75) is 42.9 Å². The highest BCUT2D eigenvalue weighted by molar-refractivity contribution is 7.91. The van der Waals surface area contributed by atoms with Gasteiger partial charge in [0.05, 0.1) is 19.8 Å². The fourth-order valence-corrected chi connectivity index (χ4v) is 6.05. The lowest BCUT2D eigenvalue weighted by atomic mass is 9.89. The third kappa shape index (κ3) is 4.17. The van der Waals surface area contributed by atoms with E-state index >= 15 is 0 Å². The van der Waals surface area contributed by atoms with Crippen molar-refractivity contribution in [3.63, 3.8) is 0 Å². The van der Waals surface area contributed by atoms with Gasteiger partial charge in [0.1, 0.15) is 4.21 Å². The van der Waals surface area contributed by atoms with Crippen molar-refractivity contribution in [3.05, 3.63) is 17.0 Å². The average molecular weight is 373 g/mol. The predicted molar refractivity (Wildman–Crippen MR) is 92.3 cm³/mol. The molecule has 0 bridgehead atoms. The van der Waals surface area contributed by atoms with E-state index in [1.807, 2.05) is 0 Å². The molecule has 2 heterocycles. The minimum Gasteiger partial charge on any atom is -0.379 e. The first-order valence-corrected chi connectivity index (χ1v) is 10.8. The molecule has 0 radical (unpaired) electrons. The van der Waals surface area contributed by atoms with Crippen molar-refractivity contribution in [2.24, 2.45) is 5.92 Å². The van der Waals surface area contributed by atoms with Gasteiger partial charge in [0, 0.05) is 23.9 Å². The first-order valence-electron chi connectivity index (χ1n) is 8.52. The van der Waals surface area contributed by atoms with Gasteiger partial charge in [0.15, 0.2) is 0 Å². The van der Waals surface area contributed by atoms with Crippen LogP contribution in [0, 0.1) is 5.92 Å². The van der Waals surface area contributed by atoms with Crippen molar-refractivity contribution in [3.8, 4) is 0 Å². The summed E-state index contributed by atoms with van der Waals surface area (Å²) in [5.41, 5.74) is 0. The number of hydrogen-bond donors (Lipinski definition) is 1. The van der Waals surface area contributed by atoms with Crippen LogP contribution in [0.2, 0.25) is 0 Å². The van der Waals surface area contributed by atoms with E-state index in [1.54, 1.807) is 12.1 Å². The molecule has 24 heavy (non-hydrogen) atoms. The molecule has 6 nitrogen and oxygen atoms in total. The van der Waals surface area contributed by atoms with Crippen LogP contribution in [0.15, 0.2) is 16.3 Å². The standard InChI is InChI=1S/C16H24N2O4S2/c19-16(13-4-2-1-3-5-13)17-12-14-6-7-15(23-14)24(20,21)18-8-10-22-11-9-18/h6-7,13H,1-5,8-12H2,(H,17,19). The molecule has 0 unspecified atom stereocenters. The Morgan fingerprint density at radius 3 is 2.62 bits per heavy atom. The van der Waals surface area contributed by atoms with Gasteiger partial charge in [-0.25, -0.2) is 8.42 Å². The third-order valence-corrected chi connectivity index (χ3v) is 8.07. The number of morpholine rings is 1. The molecular formula is C16H24N2O4S2. The summed E-state index contributed by atoms with van der Waals surface area (Å²) in [6.45, 7) is 2.07. The van der Waals surface area contributed by atoms with E-state index in [0.29, 0.717) is 37.1 Å². The SMILES string of the molecule is O=C(NCc1ccc(S(=O)(=O)N2CCOCC2)s1)C1CCCCC1. The Labute approximate surface area is 147 Å². The van der Waals surface area contributed by atoms with Crippen LogP contribution in [0.3, 0.4) is 0 Å². The molecule has 1 N–H and O–H groups in total. The summed E-state index contributed by atoms with van der Waals surface area (Å²) in [5, 5.41) is 2.96. The summed E-state index contributed by atoms with van der Waals surface area (Å²) in [5.74, 6) is 0.218. The van der Waals surface area contributed by atoms with E-state index in [0.717, 1.165) is 30.6 Å². The first kappa shape index (κ1) is 17.8. The van der Waals surface area contributed by atoms with E-state index in [2.05, 4.69) is 5.32 Å². The van der Waals surface area contributed by atoms with Gasteiger partial charge in [-0.15, -0.1) is 11.3 Å². The van der Waals surface area contributed by atoms with E-state index in [4.69, 9.17) is 4.74 Å². The zero-order valence-electron chi connectivity index (χ0n) is 13.7. The van der Waals surface area contributed by atoms with E-state index in [-0.39, 0.29) is 11.8 Å². The molecule has 0 spiro atoms. The molecule has 2 aliphatic rings. The molecule has 1 aromatic heterocycles. The monoisotopic (exact) mass is 372 g/mol. The smallest absolute Gasteiger partial charge is 0.252 e. The zero-order chi connectivity index (χ0) is 17.0.